The highest BCUT2D eigenvalue weighted by Gasteiger charge is 2.21. The molecule has 6 nitrogen and oxygen atoms in total. The number of hydrogen-bond acceptors (Lipinski definition) is 5. The smallest absolute Gasteiger partial charge is 0.258 e. The van der Waals surface area contributed by atoms with Crippen molar-refractivity contribution in [1.29, 1.82) is 0 Å². The molecule has 21 heavy (non-hydrogen) atoms. The van der Waals surface area contributed by atoms with Gasteiger partial charge >= 0.3 is 0 Å². The van der Waals surface area contributed by atoms with Crippen LogP contribution in [0.2, 0.25) is 0 Å². The van der Waals surface area contributed by atoms with Crippen molar-refractivity contribution in [2.45, 2.75) is 50.3 Å². The zero-order valence-corrected chi connectivity index (χ0v) is 13.3. The van der Waals surface area contributed by atoms with Gasteiger partial charge in [0.25, 0.3) is 10.0 Å². The van der Waals surface area contributed by atoms with Crippen LogP contribution in [0, 0.1) is 0 Å². The number of nitrogens with one attached hydrogen (secondary N) is 2. The highest BCUT2D eigenvalue weighted by atomic mass is 32.2. The molecule has 1 fully saturated rings. The lowest BCUT2D eigenvalue weighted by molar-refractivity contribution is 0.133. The summed E-state index contributed by atoms with van der Waals surface area (Å²) in [5.41, 5.74) is 0.989. The number of aromatic nitrogens is 1. The molecule has 1 aromatic rings. The molecule has 1 aliphatic carbocycles. The van der Waals surface area contributed by atoms with Crippen LogP contribution in [0.4, 0.5) is 0 Å². The molecule has 1 aliphatic rings. The van der Waals surface area contributed by atoms with Gasteiger partial charge in [0.1, 0.15) is 0 Å². The van der Waals surface area contributed by atoms with E-state index >= 15 is 0 Å². The second-order valence-corrected chi connectivity index (χ2v) is 7.00. The van der Waals surface area contributed by atoms with Crippen molar-refractivity contribution >= 4 is 10.0 Å². The fraction of sp³-hybridized carbons (Fsp3) is 0.643. The molecule has 7 heteroatoms. The van der Waals surface area contributed by atoms with Crippen molar-refractivity contribution in [3.8, 4) is 0 Å². The zero-order valence-electron chi connectivity index (χ0n) is 12.5. The summed E-state index contributed by atoms with van der Waals surface area (Å²) in [4.78, 5) is 4.05. The average molecular weight is 313 g/mol. The number of ether oxygens (including phenoxy) is 1. The molecule has 1 unspecified atom stereocenters. The Morgan fingerprint density at radius 3 is 2.76 bits per heavy atom. The number of hydrogen-bond donors (Lipinski definition) is 2. The van der Waals surface area contributed by atoms with Crippen LogP contribution in [0.15, 0.2) is 23.4 Å². The first-order valence-corrected chi connectivity index (χ1v) is 8.78. The van der Waals surface area contributed by atoms with Gasteiger partial charge in [0.05, 0.1) is 6.61 Å². The number of sulfonamides is 1. The molecule has 0 bridgehead atoms. The van der Waals surface area contributed by atoms with Crippen molar-refractivity contribution < 1.29 is 13.2 Å². The largest absolute Gasteiger partial charge is 0.380 e. The van der Waals surface area contributed by atoms with E-state index in [0.29, 0.717) is 19.3 Å². The van der Waals surface area contributed by atoms with Gasteiger partial charge in [0.2, 0.25) is 0 Å². The molecule has 0 saturated heterocycles. The van der Waals surface area contributed by atoms with Crippen molar-refractivity contribution in [3.05, 3.63) is 23.9 Å². The van der Waals surface area contributed by atoms with Gasteiger partial charge in [-0.3, -0.25) is 0 Å². The van der Waals surface area contributed by atoms with Crippen LogP contribution < -0.4 is 10.0 Å². The quantitative estimate of drug-likeness (QED) is 0.712. The molecule has 0 amide bonds. The molecule has 1 aromatic heterocycles. The maximum atomic E-state index is 12.1. The number of rotatable bonds is 9. The first kappa shape index (κ1) is 16.4. The van der Waals surface area contributed by atoms with Crippen LogP contribution in [-0.4, -0.2) is 38.7 Å². The minimum Gasteiger partial charge on any atom is -0.380 e. The molecule has 118 valence electrons. The van der Waals surface area contributed by atoms with Crippen molar-refractivity contribution in [2.24, 2.45) is 0 Å². The molecular formula is C14H23N3O3S. The molecule has 2 N–H and O–H groups in total. The Morgan fingerprint density at radius 2 is 2.19 bits per heavy atom. The SMILES string of the molecule is CCOCC(C)NS(=O)(=O)c1ccc(CNC2CC2)cn1. The van der Waals surface area contributed by atoms with Crippen molar-refractivity contribution in [1.82, 2.24) is 15.0 Å². The summed E-state index contributed by atoms with van der Waals surface area (Å²) >= 11 is 0. The first-order chi connectivity index (χ1) is 10.0. The van der Waals surface area contributed by atoms with E-state index in [1.54, 1.807) is 25.3 Å². The van der Waals surface area contributed by atoms with Gasteiger partial charge < -0.3 is 10.1 Å². The fourth-order valence-electron chi connectivity index (χ4n) is 1.88. The summed E-state index contributed by atoms with van der Waals surface area (Å²) in [5, 5.41) is 3.41. The predicted octanol–water partition coefficient (Wildman–Crippen LogP) is 1.04. The predicted molar refractivity (Wildman–Crippen MR) is 80.4 cm³/mol. The lowest BCUT2D eigenvalue weighted by Gasteiger charge is -2.13. The lowest BCUT2D eigenvalue weighted by atomic mass is 10.3. The normalized spacial score (nSPS) is 16.9. The van der Waals surface area contributed by atoms with Crippen LogP contribution in [0.5, 0.6) is 0 Å². The van der Waals surface area contributed by atoms with E-state index in [1.807, 2.05) is 6.92 Å². The van der Waals surface area contributed by atoms with Gasteiger partial charge in [-0.2, -0.15) is 0 Å². The maximum Gasteiger partial charge on any atom is 0.258 e. The topological polar surface area (TPSA) is 80.3 Å². The van der Waals surface area contributed by atoms with Gasteiger partial charge in [-0.1, -0.05) is 6.07 Å². The average Bonchev–Trinajstić information content (AvgIpc) is 3.27. The van der Waals surface area contributed by atoms with E-state index in [4.69, 9.17) is 4.74 Å². The summed E-state index contributed by atoms with van der Waals surface area (Å²) in [6, 6.07) is 3.67. The van der Waals surface area contributed by atoms with Gasteiger partial charge in [0, 0.05) is 31.4 Å². The molecule has 0 spiro atoms. The van der Waals surface area contributed by atoms with Crippen LogP contribution in [0.1, 0.15) is 32.3 Å². The van der Waals surface area contributed by atoms with E-state index in [-0.39, 0.29) is 11.1 Å². The van der Waals surface area contributed by atoms with E-state index in [1.165, 1.54) is 12.8 Å². The second-order valence-electron chi connectivity index (χ2n) is 5.34. The highest BCUT2D eigenvalue weighted by Crippen LogP contribution is 2.19. The van der Waals surface area contributed by atoms with Crippen LogP contribution in [0.3, 0.4) is 0 Å². The Kier molecular flexibility index (Phi) is 5.69. The maximum absolute atomic E-state index is 12.1. The Balaban J connectivity index is 1.92. The fourth-order valence-corrected chi connectivity index (χ4v) is 3.04. The minimum absolute atomic E-state index is 0.0426. The van der Waals surface area contributed by atoms with E-state index in [9.17, 15) is 8.42 Å². The Morgan fingerprint density at radius 1 is 1.43 bits per heavy atom. The van der Waals surface area contributed by atoms with Gasteiger partial charge in [-0.15, -0.1) is 0 Å². The monoisotopic (exact) mass is 313 g/mol. The molecular weight excluding hydrogens is 290 g/mol. The third-order valence-corrected chi connectivity index (χ3v) is 4.68. The summed E-state index contributed by atoms with van der Waals surface area (Å²) in [6.45, 7) is 5.27. The van der Waals surface area contributed by atoms with Crippen LogP contribution >= 0.6 is 0 Å². The third kappa shape index (κ3) is 5.35. The number of nitrogens with zero attached hydrogens (tertiary/aromatic N) is 1. The van der Waals surface area contributed by atoms with E-state index in [2.05, 4.69) is 15.0 Å². The van der Waals surface area contributed by atoms with E-state index < -0.39 is 10.0 Å². The third-order valence-electron chi connectivity index (χ3n) is 3.17. The molecule has 0 aromatic carbocycles. The molecule has 2 rings (SSSR count). The van der Waals surface area contributed by atoms with Gasteiger partial charge in [0.15, 0.2) is 5.03 Å². The van der Waals surface area contributed by atoms with Gasteiger partial charge in [-0.05, 0) is 38.3 Å². The summed E-state index contributed by atoms with van der Waals surface area (Å²) < 4.78 is 32.1. The molecule has 0 aliphatic heterocycles. The van der Waals surface area contributed by atoms with Gasteiger partial charge in [-0.25, -0.2) is 18.1 Å². The van der Waals surface area contributed by atoms with E-state index in [0.717, 1.165) is 12.1 Å². The highest BCUT2D eigenvalue weighted by molar-refractivity contribution is 7.89. The van der Waals surface area contributed by atoms with Crippen molar-refractivity contribution in [3.63, 3.8) is 0 Å². The Hall–Kier alpha value is -1.02. The minimum atomic E-state index is -3.59. The van der Waals surface area contributed by atoms with Crippen LogP contribution in [-0.2, 0) is 21.3 Å². The molecule has 1 saturated carbocycles. The number of pyridine rings is 1. The Labute approximate surface area is 126 Å². The summed E-state index contributed by atoms with van der Waals surface area (Å²) in [6.07, 6.45) is 4.06. The second kappa shape index (κ2) is 7.31. The molecule has 1 atom stereocenters. The lowest BCUT2D eigenvalue weighted by Crippen LogP contribution is -2.36. The molecule has 0 radical (unpaired) electrons. The van der Waals surface area contributed by atoms with Crippen molar-refractivity contribution in [2.75, 3.05) is 13.2 Å². The Bertz CT molecular complexity index is 541. The van der Waals surface area contributed by atoms with Crippen LogP contribution in [0.25, 0.3) is 0 Å². The zero-order chi connectivity index (χ0) is 15.3. The summed E-state index contributed by atoms with van der Waals surface area (Å²) in [5.74, 6) is 0. The summed E-state index contributed by atoms with van der Waals surface area (Å²) in [7, 11) is -3.59. The standard InChI is InChI=1S/C14H23N3O3S/c1-3-20-10-11(2)17-21(18,19)14-7-4-12(9-16-14)8-15-13-5-6-13/h4,7,9,11,13,15,17H,3,5-6,8,10H2,1-2H3. The molecule has 1 heterocycles. The first-order valence-electron chi connectivity index (χ1n) is 7.29.